The fourth-order valence-corrected chi connectivity index (χ4v) is 8.82. The lowest BCUT2D eigenvalue weighted by molar-refractivity contribution is -0.144. The van der Waals surface area contributed by atoms with E-state index in [9.17, 15) is 9.59 Å². The Bertz CT molecular complexity index is 1670. The van der Waals surface area contributed by atoms with Crippen LogP contribution in [0.3, 0.4) is 0 Å². The van der Waals surface area contributed by atoms with E-state index in [0.717, 1.165) is 33.8 Å². The predicted molar refractivity (Wildman–Crippen MR) is 173 cm³/mol. The number of amides is 2. The number of benzene rings is 2. The Morgan fingerprint density at radius 3 is 2.41 bits per heavy atom. The molecule has 0 radical (unpaired) electrons. The molecule has 2 aliphatic heterocycles. The molecule has 222 valence electrons. The number of rotatable bonds is 10. The molecule has 0 saturated carbocycles. The lowest BCUT2D eigenvalue weighted by Gasteiger charge is -2.47. The summed E-state index contributed by atoms with van der Waals surface area (Å²) in [7, 11) is -0.448. The maximum atomic E-state index is 13.7. The number of hydrogen-bond donors (Lipinski definition) is 2. The average molecular weight is 625 g/mol. The summed E-state index contributed by atoms with van der Waals surface area (Å²) in [6.07, 6.45) is 9.50. The first-order valence-corrected chi connectivity index (χ1v) is 16.3. The molecule has 10 nitrogen and oxygen atoms in total. The van der Waals surface area contributed by atoms with Gasteiger partial charge in [-0.05, 0) is 24.6 Å². The fourth-order valence-electron chi connectivity index (χ4n) is 5.21. The van der Waals surface area contributed by atoms with Crippen LogP contribution < -0.4 is 11.1 Å². The molecule has 6 rings (SSSR count). The molecule has 2 aromatic heterocycles. The number of allylic oxidation sites excluding steroid dienone is 1. The summed E-state index contributed by atoms with van der Waals surface area (Å²) >= 11 is 0.952. The van der Waals surface area contributed by atoms with Crippen LogP contribution in [0.4, 0.5) is 5.13 Å². The van der Waals surface area contributed by atoms with Crippen molar-refractivity contribution in [3.05, 3.63) is 126 Å². The second-order valence-corrected chi connectivity index (χ2v) is 13.0. The van der Waals surface area contributed by atoms with E-state index < -0.39 is 22.8 Å². The van der Waals surface area contributed by atoms with Gasteiger partial charge in [-0.25, -0.2) is 0 Å². The van der Waals surface area contributed by atoms with Crippen LogP contribution in [0.25, 0.3) is 6.08 Å². The molecule has 0 bridgehead atoms. The summed E-state index contributed by atoms with van der Waals surface area (Å²) in [5, 5.41) is 6.80. The number of oxime groups is 1. The van der Waals surface area contributed by atoms with Crippen molar-refractivity contribution in [3.63, 3.8) is 0 Å². The first-order chi connectivity index (χ1) is 21.5. The van der Waals surface area contributed by atoms with Crippen molar-refractivity contribution in [1.82, 2.24) is 24.6 Å². The minimum atomic E-state index is -0.773. The van der Waals surface area contributed by atoms with E-state index in [0.29, 0.717) is 5.75 Å². The Labute approximate surface area is 261 Å². The second kappa shape index (κ2) is 13.2. The number of carbonyl (C=O) groups is 2. The number of hydrogen-bond acceptors (Lipinski definition) is 9. The van der Waals surface area contributed by atoms with Crippen LogP contribution in [0.2, 0.25) is 0 Å². The zero-order valence-corrected chi connectivity index (χ0v) is 25.4. The van der Waals surface area contributed by atoms with Gasteiger partial charge in [0.25, 0.3) is 11.8 Å². The summed E-state index contributed by atoms with van der Waals surface area (Å²) in [4.78, 5) is 42.4. The second-order valence-electron chi connectivity index (χ2n) is 10.0. The highest BCUT2D eigenvalue weighted by Crippen LogP contribution is 2.44. The first-order valence-electron chi connectivity index (χ1n) is 14.0. The Balaban J connectivity index is 1.37. The van der Waals surface area contributed by atoms with E-state index in [1.165, 1.54) is 0 Å². The van der Waals surface area contributed by atoms with Crippen molar-refractivity contribution in [2.24, 2.45) is 5.16 Å². The molecule has 0 spiro atoms. The Hall–Kier alpha value is -4.81. The molecule has 1 fully saturated rings. The fraction of sp³-hybridized carbons (Fsp3) is 0.188. The van der Waals surface area contributed by atoms with Gasteiger partial charge in [-0.1, -0.05) is 78.0 Å². The first kappa shape index (κ1) is 29.3. The number of nitrogens with two attached hydrogens (primary N) is 1. The van der Waals surface area contributed by atoms with Crippen molar-refractivity contribution < 1.29 is 14.4 Å². The van der Waals surface area contributed by atoms with Crippen molar-refractivity contribution in [1.29, 1.82) is 0 Å². The van der Waals surface area contributed by atoms with Gasteiger partial charge < -0.3 is 15.9 Å². The number of fused-ring (bicyclic) bond motifs is 1. The number of nitrogens with zero attached hydrogens (tertiary/aromatic N) is 5. The summed E-state index contributed by atoms with van der Waals surface area (Å²) in [6.45, 7) is 2.00. The molecule has 2 unspecified atom stereocenters. The summed E-state index contributed by atoms with van der Waals surface area (Å²) in [5.41, 5.74) is 9.98. The number of nitrogens with one attached hydrogen (secondary N) is 1. The Morgan fingerprint density at radius 1 is 1.11 bits per heavy atom. The van der Waals surface area contributed by atoms with Crippen molar-refractivity contribution in [2.45, 2.75) is 23.6 Å². The molecule has 12 heteroatoms. The van der Waals surface area contributed by atoms with Crippen molar-refractivity contribution >= 4 is 51.2 Å². The molecular weight excluding hydrogens is 595 g/mol. The van der Waals surface area contributed by atoms with Gasteiger partial charge in [0.15, 0.2) is 16.4 Å². The molecule has 3 N–H and O–H groups in total. The van der Waals surface area contributed by atoms with Gasteiger partial charge in [0.1, 0.15) is 12.4 Å². The topological polar surface area (TPSA) is 136 Å². The molecule has 4 heterocycles. The summed E-state index contributed by atoms with van der Waals surface area (Å²) in [5.74, 6) is -0.0292. The highest BCUT2D eigenvalue weighted by molar-refractivity contribution is 7.98. The van der Waals surface area contributed by atoms with Crippen LogP contribution in [-0.2, 0) is 25.3 Å². The number of anilines is 1. The van der Waals surface area contributed by atoms with Gasteiger partial charge in [-0.3, -0.25) is 19.5 Å². The van der Waals surface area contributed by atoms with Crippen molar-refractivity contribution in [3.8, 4) is 0 Å². The lowest BCUT2D eigenvalue weighted by Crippen LogP contribution is -2.73. The molecule has 4 aromatic rings. The Morgan fingerprint density at radius 2 is 1.80 bits per heavy atom. The zero-order valence-electron chi connectivity index (χ0n) is 23.8. The maximum absolute atomic E-state index is 13.7. The summed E-state index contributed by atoms with van der Waals surface area (Å²) in [6, 6.07) is 23.7. The van der Waals surface area contributed by atoms with E-state index in [1.807, 2.05) is 60.8 Å². The van der Waals surface area contributed by atoms with E-state index >= 15 is 0 Å². The molecule has 2 aromatic carbocycles. The van der Waals surface area contributed by atoms with Crippen LogP contribution in [0, 0.1) is 0 Å². The highest BCUT2D eigenvalue weighted by atomic mass is 32.2. The van der Waals surface area contributed by atoms with Crippen LogP contribution >= 0.6 is 11.5 Å². The number of β-lactam (4-membered cyclic amide) rings is 1. The normalized spacial score (nSPS) is 19.8. The molecule has 1 saturated heterocycles. The van der Waals surface area contributed by atoms with Crippen LogP contribution in [-0.4, -0.2) is 60.5 Å². The van der Waals surface area contributed by atoms with Crippen LogP contribution in [0.15, 0.2) is 108 Å². The SMILES string of the molecule is CCON=C(C(=O)NC1C(=O)N2C=C(C=Cc3ccncc3)C[S+](C(c3ccccc3)c3ccccc3)[C@H]12)c1nsc(N)n1. The molecule has 44 heavy (non-hydrogen) atoms. The zero-order chi connectivity index (χ0) is 30.5. The largest absolute Gasteiger partial charge is 0.395 e. The predicted octanol–water partition coefficient (Wildman–Crippen LogP) is 3.93. The smallest absolute Gasteiger partial charge is 0.278 e. The van der Waals surface area contributed by atoms with E-state index in [4.69, 9.17) is 10.6 Å². The Kier molecular flexibility index (Phi) is 8.80. The standard InChI is InChI=1S/C32H29N7O3S2/c1-2-42-37-25(28-36-32(33)43-38-28)29(40)35-26-30(41)39-19-22(14-13-21-15-17-34-18-16-21)20-44(31(26)39)27(23-9-5-3-6-10-23)24-11-7-4-8-12-24/h3-19,26-27,31H,2,20H2,1H3,(H2-,33,35,36,38,40)/p+1/t26?,31-,44?/m1/s1. The maximum Gasteiger partial charge on any atom is 0.278 e. The molecule has 0 aliphatic carbocycles. The third kappa shape index (κ3) is 6.12. The van der Waals surface area contributed by atoms with Gasteiger partial charge >= 0.3 is 0 Å². The number of aromatic nitrogens is 3. The third-order valence-electron chi connectivity index (χ3n) is 7.17. The van der Waals surface area contributed by atoms with Crippen LogP contribution in [0.5, 0.6) is 0 Å². The van der Waals surface area contributed by atoms with Crippen LogP contribution in [0.1, 0.15) is 34.7 Å². The van der Waals surface area contributed by atoms with Gasteiger partial charge in [0.05, 0.1) is 0 Å². The highest BCUT2D eigenvalue weighted by Gasteiger charge is 2.62. The van der Waals surface area contributed by atoms with Gasteiger partial charge in [-0.2, -0.15) is 9.36 Å². The van der Waals surface area contributed by atoms with Gasteiger partial charge in [0, 0.05) is 57.7 Å². The van der Waals surface area contributed by atoms with E-state index in [-0.39, 0.29) is 39.8 Å². The summed E-state index contributed by atoms with van der Waals surface area (Å²) < 4.78 is 4.14. The molecule has 3 atom stereocenters. The minimum absolute atomic E-state index is 0.0213. The quantitative estimate of drug-likeness (QED) is 0.118. The monoisotopic (exact) mass is 624 g/mol. The van der Waals surface area contributed by atoms with Crippen molar-refractivity contribution in [2.75, 3.05) is 18.1 Å². The molecule has 2 amide bonds. The number of carbonyl (C=O) groups excluding carboxylic acids is 2. The van der Waals surface area contributed by atoms with E-state index in [2.05, 4.69) is 55.2 Å². The number of pyridine rings is 1. The molecule has 2 aliphatic rings. The molecular formula is C32H30N7O3S2+. The van der Waals surface area contributed by atoms with E-state index in [1.54, 1.807) is 24.2 Å². The minimum Gasteiger partial charge on any atom is -0.395 e. The van der Waals surface area contributed by atoms with Gasteiger partial charge in [0.2, 0.25) is 16.9 Å². The number of nitrogen functional groups attached to an aromatic ring is 1. The average Bonchev–Trinajstić information content (AvgIpc) is 3.50. The van der Waals surface area contributed by atoms with Gasteiger partial charge in [-0.15, -0.1) is 0 Å². The lowest BCUT2D eigenvalue weighted by atomic mass is 10.0. The third-order valence-corrected chi connectivity index (χ3v) is 10.7.